The Labute approximate surface area is 104 Å². The lowest BCUT2D eigenvalue weighted by Gasteiger charge is -2.11. The fraction of sp³-hybridized carbons (Fsp3) is 1.00. The molecule has 1 unspecified atom stereocenters. The van der Waals surface area contributed by atoms with E-state index < -0.39 is 0 Å². The van der Waals surface area contributed by atoms with E-state index in [1.807, 2.05) is 11.8 Å². The molecule has 0 aromatic heterocycles. The molecule has 1 fully saturated rings. The maximum atomic E-state index is 5.48. The van der Waals surface area contributed by atoms with Gasteiger partial charge in [-0.3, -0.25) is 0 Å². The summed E-state index contributed by atoms with van der Waals surface area (Å²) >= 11 is 2.04. The molecular formula is C12H25NO2S. The van der Waals surface area contributed by atoms with Gasteiger partial charge in [-0.1, -0.05) is 13.3 Å². The van der Waals surface area contributed by atoms with Crippen molar-refractivity contribution in [2.75, 3.05) is 44.5 Å². The molecule has 0 saturated carbocycles. The third kappa shape index (κ3) is 7.49. The van der Waals surface area contributed by atoms with Crippen LogP contribution >= 0.6 is 11.8 Å². The van der Waals surface area contributed by atoms with Crippen molar-refractivity contribution in [3.63, 3.8) is 0 Å². The summed E-state index contributed by atoms with van der Waals surface area (Å²) in [7, 11) is 0. The second kappa shape index (κ2) is 10.4. The molecule has 1 rings (SSSR count). The van der Waals surface area contributed by atoms with Crippen LogP contribution in [0.1, 0.15) is 26.2 Å². The van der Waals surface area contributed by atoms with Gasteiger partial charge in [-0.2, -0.15) is 11.8 Å². The molecular weight excluding hydrogens is 222 g/mol. The quantitative estimate of drug-likeness (QED) is 0.597. The maximum Gasteiger partial charge on any atom is 0.0701 e. The highest BCUT2D eigenvalue weighted by Gasteiger charge is 2.13. The minimum atomic E-state index is 0.717. The van der Waals surface area contributed by atoms with Crippen molar-refractivity contribution in [1.82, 2.24) is 5.32 Å². The van der Waals surface area contributed by atoms with E-state index in [-0.39, 0.29) is 0 Å². The van der Waals surface area contributed by atoms with Gasteiger partial charge in [0.05, 0.1) is 19.8 Å². The zero-order valence-corrected chi connectivity index (χ0v) is 11.2. The number of hydrogen-bond acceptors (Lipinski definition) is 4. The lowest BCUT2D eigenvalue weighted by atomic mass is 10.3. The standard InChI is InChI=1S/C12H25NO2S/c1-2-3-6-14-8-9-15-7-5-13-12-4-10-16-11-12/h12-13H,2-11H2,1H3. The molecule has 1 N–H and O–H groups in total. The average molecular weight is 247 g/mol. The number of unbranched alkanes of at least 4 members (excludes halogenated alkanes) is 1. The molecule has 1 aliphatic rings. The fourth-order valence-corrected chi connectivity index (χ4v) is 2.79. The monoisotopic (exact) mass is 247 g/mol. The molecule has 0 bridgehead atoms. The molecule has 1 aliphatic heterocycles. The van der Waals surface area contributed by atoms with Crippen molar-refractivity contribution in [2.45, 2.75) is 32.2 Å². The summed E-state index contributed by atoms with van der Waals surface area (Å²) in [6, 6.07) is 0.717. The zero-order valence-electron chi connectivity index (χ0n) is 10.4. The van der Waals surface area contributed by atoms with Gasteiger partial charge in [0.25, 0.3) is 0 Å². The molecule has 4 heteroatoms. The van der Waals surface area contributed by atoms with E-state index in [2.05, 4.69) is 12.2 Å². The molecule has 0 spiro atoms. The van der Waals surface area contributed by atoms with Crippen LogP contribution in [0.25, 0.3) is 0 Å². The first-order valence-corrected chi connectivity index (χ1v) is 7.55. The summed E-state index contributed by atoms with van der Waals surface area (Å²) in [5.74, 6) is 2.57. The number of ether oxygens (including phenoxy) is 2. The number of rotatable bonds is 10. The van der Waals surface area contributed by atoms with Gasteiger partial charge in [0.2, 0.25) is 0 Å². The minimum Gasteiger partial charge on any atom is -0.379 e. The Bertz CT molecular complexity index is 152. The van der Waals surface area contributed by atoms with Crippen molar-refractivity contribution in [1.29, 1.82) is 0 Å². The Morgan fingerprint density at radius 2 is 2.00 bits per heavy atom. The van der Waals surface area contributed by atoms with Gasteiger partial charge < -0.3 is 14.8 Å². The van der Waals surface area contributed by atoms with E-state index >= 15 is 0 Å². The first-order chi connectivity index (χ1) is 7.93. The second-order valence-electron chi connectivity index (χ2n) is 4.09. The summed E-state index contributed by atoms with van der Waals surface area (Å²) in [5, 5.41) is 3.51. The zero-order chi connectivity index (χ0) is 11.5. The van der Waals surface area contributed by atoms with Crippen molar-refractivity contribution < 1.29 is 9.47 Å². The summed E-state index contributed by atoms with van der Waals surface area (Å²) in [6.07, 6.45) is 3.66. The molecule has 0 aromatic rings. The van der Waals surface area contributed by atoms with E-state index in [4.69, 9.17) is 9.47 Å². The molecule has 1 atom stereocenters. The Hall–Kier alpha value is 0.230. The Morgan fingerprint density at radius 3 is 2.69 bits per heavy atom. The normalized spacial score (nSPS) is 20.4. The van der Waals surface area contributed by atoms with E-state index in [1.165, 1.54) is 24.3 Å². The third-order valence-electron chi connectivity index (χ3n) is 2.62. The van der Waals surface area contributed by atoms with E-state index in [9.17, 15) is 0 Å². The molecule has 1 heterocycles. The first-order valence-electron chi connectivity index (χ1n) is 6.40. The summed E-state index contributed by atoms with van der Waals surface area (Å²) in [4.78, 5) is 0. The van der Waals surface area contributed by atoms with Gasteiger partial charge >= 0.3 is 0 Å². The molecule has 0 amide bonds. The molecule has 96 valence electrons. The lowest BCUT2D eigenvalue weighted by molar-refractivity contribution is 0.0473. The Morgan fingerprint density at radius 1 is 1.19 bits per heavy atom. The SMILES string of the molecule is CCCCOCCOCCNC1CCSC1. The van der Waals surface area contributed by atoms with E-state index in [0.717, 1.165) is 45.4 Å². The number of hydrogen-bond donors (Lipinski definition) is 1. The van der Waals surface area contributed by atoms with Gasteiger partial charge in [-0.25, -0.2) is 0 Å². The summed E-state index contributed by atoms with van der Waals surface area (Å²) < 4.78 is 10.9. The smallest absolute Gasteiger partial charge is 0.0701 e. The van der Waals surface area contributed by atoms with Crippen molar-refractivity contribution in [2.24, 2.45) is 0 Å². The van der Waals surface area contributed by atoms with Crippen LogP contribution in [0.15, 0.2) is 0 Å². The second-order valence-corrected chi connectivity index (χ2v) is 5.24. The highest BCUT2D eigenvalue weighted by molar-refractivity contribution is 7.99. The molecule has 1 saturated heterocycles. The van der Waals surface area contributed by atoms with Crippen LogP contribution in [0.4, 0.5) is 0 Å². The molecule has 3 nitrogen and oxygen atoms in total. The number of nitrogens with one attached hydrogen (secondary N) is 1. The topological polar surface area (TPSA) is 30.5 Å². The predicted octanol–water partition coefficient (Wildman–Crippen LogP) is 1.91. The average Bonchev–Trinajstić information content (AvgIpc) is 2.80. The van der Waals surface area contributed by atoms with Crippen LogP contribution in [0.3, 0.4) is 0 Å². The predicted molar refractivity (Wildman–Crippen MR) is 70.3 cm³/mol. The fourth-order valence-electron chi connectivity index (χ4n) is 1.60. The van der Waals surface area contributed by atoms with Crippen LogP contribution in [-0.2, 0) is 9.47 Å². The third-order valence-corrected chi connectivity index (χ3v) is 3.79. The van der Waals surface area contributed by atoms with Gasteiger partial charge in [0.15, 0.2) is 0 Å². The molecule has 0 radical (unpaired) electrons. The highest BCUT2D eigenvalue weighted by atomic mass is 32.2. The van der Waals surface area contributed by atoms with Crippen LogP contribution in [0, 0.1) is 0 Å². The highest BCUT2D eigenvalue weighted by Crippen LogP contribution is 2.16. The van der Waals surface area contributed by atoms with Crippen LogP contribution in [-0.4, -0.2) is 50.5 Å². The summed E-state index contributed by atoms with van der Waals surface area (Å²) in [5.41, 5.74) is 0. The van der Waals surface area contributed by atoms with E-state index in [1.54, 1.807) is 0 Å². The van der Waals surface area contributed by atoms with Gasteiger partial charge in [0, 0.05) is 24.9 Å². The first kappa shape index (κ1) is 14.3. The van der Waals surface area contributed by atoms with Gasteiger partial charge in [0.1, 0.15) is 0 Å². The molecule has 0 aromatic carbocycles. The minimum absolute atomic E-state index is 0.717. The lowest BCUT2D eigenvalue weighted by Crippen LogP contribution is -2.31. The van der Waals surface area contributed by atoms with E-state index in [0.29, 0.717) is 0 Å². The Kier molecular flexibility index (Phi) is 9.28. The van der Waals surface area contributed by atoms with Crippen molar-refractivity contribution in [3.05, 3.63) is 0 Å². The molecule has 0 aliphatic carbocycles. The molecule has 16 heavy (non-hydrogen) atoms. The van der Waals surface area contributed by atoms with Crippen LogP contribution < -0.4 is 5.32 Å². The summed E-state index contributed by atoms with van der Waals surface area (Å²) in [6.45, 7) is 6.28. The van der Waals surface area contributed by atoms with Crippen LogP contribution in [0.2, 0.25) is 0 Å². The van der Waals surface area contributed by atoms with Gasteiger partial charge in [-0.15, -0.1) is 0 Å². The number of thioether (sulfide) groups is 1. The largest absolute Gasteiger partial charge is 0.379 e. The maximum absolute atomic E-state index is 5.48. The van der Waals surface area contributed by atoms with Crippen LogP contribution in [0.5, 0.6) is 0 Å². The van der Waals surface area contributed by atoms with Gasteiger partial charge in [-0.05, 0) is 18.6 Å². The van der Waals surface area contributed by atoms with Crippen molar-refractivity contribution in [3.8, 4) is 0 Å². The Balaban J connectivity index is 1.71. The van der Waals surface area contributed by atoms with Crippen molar-refractivity contribution >= 4 is 11.8 Å².